The Balaban J connectivity index is 0.00000149. The van der Waals surface area contributed by atoms with Crippen molar-refractivity contribution in [3.8, 4) is 5.75 Å². The van der Waals surface area contributed by atoms with Crippen LogP contribution >= 0.6 is 0 Å². The molecule has 5 nitrogen and oxygen atoms in total. The number of halogens is 1. The first-order valence-electron chi connectivity index (χ1n) is 10.5. The van der Waals surface area contributed by atoms with Crippen LogP contribution in [0, 0.1) is 5.82 Å². The molecule has 0 saturated carbocycles. The Hall–Kier alpha value is -3.45. The summed E-state index contributed by atoms with van der Waals surface area (Å²) in [7, 11) is -1.77. The van der Waals surface area contributed by atoms with Gasteiger partial charge in [-0.1, -0.05) is 44.2 Å². The average Bonchev–Trinajstić information content (AvgIpc) is 3.17. The molecule has 7 heteroatoms. The maximum absolute atomic E-state index is 13.8. The van der Waals surface area contributed by atoms with E-state index in [0.29, 0.717) is 22.6 Å². The molecule has 0 radical (unpaired) electrons. The van der Waals surface area contributed by atoms with Crippen LogP contribution in [0.1, 0.15) is 25.0 Å². The molecule has 0 fully saturated rings. The number of methoxy groups -OCH3 is 1. The molecule has 172 valence electrons. The van der Waals surface area contributed by atoms with Crippen molar-refractivity contribution in [3.05, 3.63) is 89.7 Å². The van der Waals surface area contributed by atoms with E-state index in [4.69, 9.17) is 4.74 Å². The van der Waals surface area contributed by atoms with Crippen molar-refractivity contribution in [1.29, 1.82) is 0 Å². The largest absolute Gasteiger partial charge is 0.497 e. The molecule has 0 unspecified atom stereocenters. The van der Waals surface area contributed by atoms with Gasteiger partial charge in [0.05, 0.1) is 24.1 Å². The third-order valence-electron chi connectivity index (χ3n) is 5.21. The molecule has 3 aromatic carbocycles. The minimum Gasteiger partial charge on any atom is -0.497 e. The summed E-state index contributed by atoms with van der Waals surface area (Å²) in [4.78, 5) is 15.1. The van der Waals surface area contributed by atoms with E-state index in [9.17, 15) is 17.6 Å². The highest BCUT2D eigenvalue weighted by Crippen LogP contribution is 2.37. The molecule has 0 spiro atoms. The minimum atomic E-state index is -3.33. The molecule has 1 amide bonds. The molecule has 3 aromatic rings. The average molecular weight is 468 g/mol. The predicted molar refractivity (Wildman–Crippen MR) is 129 cm³/mol. The number of ether oxygens (including phenoxy) is 1. The van der Waals surface area contributed by atoms with Gasteiger partial charge in [-0.15, -0.1) is 0 Å². The lowest BCUT2D eigenvalue weighted by Crippen LogP contribution is -2.26. The summed E-state index contributed by atoms with van der Waals surface area (Å²) in [5.74, 6) is -0.0175. The van der Waals surface area contributed by atoms with E-state index in [-0.39, 0.29) is 17.3 Å². The van der Waals surface area contributed by atoms with Gasteiger partial charge in [-0.2, -0.15) is 0 Å². The highest BCUT2D eigenvalue weighted by atomic mass is 32.2. The van der Waals surface area contributed by atoms with Crippen molar-refractivity contribution in [3.63, 3.8) is 0 Å². The smallest absolute Gasteiger partial charge is 0.259 e. The Morgan fingerprint density at radius 1 is 0.909 bits per heavy atom. The van der Waals surface area contributed by atoms with Crippen LogP contribution in [-0.2, 0) is 14.6 Å². The number of carbonyl (C=O) groups is 1. The van der Waals surface area contributed by atoms with Gasteiger partial charge in [-0.05, 0) is 59.2 Å². The molecule has 0 aromatic heterocycles. The van der Waals surface area contributed by atoms with E-state index >= 15 is 0 Å². The molecule has 1 aliphatic rings. The van der Waals surface area contributed by atoms with Gasteiger partial charge in [-0.3, -0.25) is 4.79 Å². The molecule has 0 bridgehead atoms. The lowest BCUT2D eigenvalue weighted by atomic mass is 9.97. The van der Waals surface area contributed by atoms with Crippen LogP contribution in [0.15, 0.2) is 77.7 Å². The van der Waals surface area contributed by atoms with Gasteiger partial charge in [0.1, 0.15) is 11.6 Å². The van der Waals surface area contributed by atoms with E-state index in [0.717, 1.165) is 17.4 Å². The first kappa shape index (κ1) is 24.2. The first-order valence-corrected chi connectivity index (χ1v) is 12.4. The molecule has 0 N–H and O–H groups in total. The van der Waals surface area contributed by atoms with Crippen molar-refractivity contribution in [2.24, 2.45) is 0 Å². The molecule has 33 heavy (non-hydrogen) atoms. The molecule has 0 atom stereocenters. The van der Waals surface area contributed by atoms with Gasteiger partial charge in [0.25, 0.3) is 5.91 Å². The predicted octanol–water partition coefficient (Wildman–Crippen LogP) is 5.22. The first-order chi connectivity index (χ1) is 15.8. The maximum Gasteiger partial charge on any atom is 0.259 e. The monoisotopic (exact) mass is 467 g/mol. The Labute approximate surface area is 194 Å². The molecule has 1 heterocycles. The van der Waals surface area contributed by atoms with Crippen LogP contribution in [0.25, 0.3) is 11.1 Å². The van der Waals surface area contributed by atoms with E-state index in [1.807, 2.05) is 13.8 Å². The highest BCUT2D eigenvalue weighted by Gasteiger charge is 2.33. The standard InChI is InChI=1S/C24H20FNO4S.C2H6/c1-30-20-10-6-17(7-11-20)23-22(16-8-12-21(13-9-16)31(2,28)29)15-26(24(23)27)19-5-3-4-18(25)14-19;1-2/h3-14H,15H2,1-2H3;1-2H3. The Bertz CT molecular complexity index is 1280. The Kier molecular flexibility index (Phi) is 7.33. The number of nitrogens with zero attached hydrogens (tertiary/aromatic N) is 1. The molecule has 4 rings (SSSR count). The van der Waals surface area contributed by atoms with Gasteiger partial charge < -0.3 is 9.64 Å². The second kappa shape index (κ2) is 10.0. The van der Waals surface area contributed by atoms with E-state index < -0.39 is 15.7 Å². The van der Waals surface area contributed by atoms with Crippen molar-refractivity contribution in [1.82, 2.24) is 0 Å². The van der Waals surface area contributed by atoms with Gasteiger partial charge in [0, 0.05) is 11.9 Å². The van der Waals surface area contributed by atoms with Crippen molar-refractivity contribution in [2.75, 3.05) is 24.8 Å². The number of benzene rings is 3. The number of carbonyl (C=O) groups excluding carboxylic acids is 1. The molecular formula is C26H26FNO4S. The third-order valence-corrected chi connectivity index (χ3v) is 6.33. The second-order valence-corrected chi connectivity index (χ2v) is 9.27. The van der Waals surface area contributed by atoms with E-state index in [2.05, 4.69) is 0 Å². The van der Waals surface area contributed by atoms with Crippen molar-refractivity contribution < 1.29 is 22.3 Å². The second-order valence-electron chi connectivity index (χ2n) is 7.25. The fourth-order valence-electron chi connectivity index (χ4n) is 3.62. The zero-order chi connectivity index (χ0) is 24.2. The van der Waals surface area contributed by atoms with Crippen LogP contribution in [-0.4, -0.2) is 34.2 Å². The number of amides is 1. The SMILES string of the molecule is CC.COc1ccc(C2=C(c3ccc(S(C)(=O)=O)cc3)CN(c3cccc(F)c3)C2=O)cc1. The fourth-order valence-corrected chi connectivity index (χ4v) is 4.25. The quantitative estimate of drug-likeness (QED) is 0.516. The summed E-state index contributed by atoms with van der Waals surface area (Å²) in [5.41, 5.74) is 3.11. The van der Waals surface area contributed by atoms with E-state index in [1.54, 1.807) is 55.6 Å². The van der Waals surface area contributed by atoms with E-state index in [1.165, 1.54) is 29.2 Å². The summed E-state index contributed by atoms with van der Waals surface area (Å²) < 4.78 is 42.6. The number of hydrogen-bond donors (Lipinski definition) is 0. The third kappa shape index (κ3) is 5.14. The minimum absolute atomic E-state index is 0.203. The van der Waals surface area contributed by atoms with Crippen LogP contribution in [0.5, 0.6) is 5.75 Å². The van der Waals surface area contributed by atoms with Gasteiger partial charge in [0.15, 0.2) is 9.84 Å². The maximum atomic E-state index is 13.8. The van der Waals surface area contributed by atoms with Crippen LogP contribution in [0.4, 0.5) is 10.1 Å². The molecule has 1 aliphatic heterocycles. The van der Waals surface area contributed by atoms with Crippen LogP contribution < -0.4 is 9.64 Å². The normalized spacial score (nSPS) is 13.6. The number of sulfone groups is 1. The fraction of sp³-hybridized carbons (Fsp3) is 0.192. The van der Waals surface area contributed by atoms with Crippen LogP contribution in [0.2, 0.25) is 0 Å². The molecular weight excluding hydrogens is 441 g/mol. The summed E-state index contributed by atoms with van der Waals surface area (Å²) >= 11 is 0. The topological polar surface area (TPSA) is 63.7 Å². The van der Waals surface area contributed by atoms with Gasteiger partial charge in [-0.25, -0.2) is 12.8 Å². The highest BCUT2D eigenvalue weighted by molar-refractivity contribution is 7.90. The summed E-state index contributed by atoms with van der Waals surface area (Å²) in [6.45, 7) is 4.24. The van der Waals surface area contributed by atoms with Crippen molar-refractivity contribution >= 4 is 32.6 Å². The Morgan fingerprint density at radius 2 is 1.52 bits per heavy atom. The van der Waals surface area contributed by atoms with Gasteiger partial charge >= 0.3 is 0 Å². The number of anilines is 1. The van der Waals surface area contributed by atoms with Crippen molar-refractivity contribution in [2.45, 2.75) is 18.7 Å². The summed E-state index contributed by atoms with van der Waals surface area (Å²) in [5, 5.41) is 0. The summed E-state index contributed by atoms with van der Waals surface area (Å²) in [6.07, 6.45) is 1.15. The van der Waals surface area contributed by atoms with Crippen LogP contribution in [0.3, 0.4) is 0 Å². The zero-order valence-electron chi connectivity index (χ0n) is 19.0. The lowest BCUT2D eigenvalue weighted by Gasteiger charge is -2.17. The van der Waals surface area contributed by atoms with Gasteiger partial charge in [0.2, 0.25) is 0 Å². The number of rotatable bonds is 5. The molecule has 0 saturated heterocycles. The number of hydrogen-bond acceptors (Lipinski definition) is 4. The Morgan fingerprint density at radius 3 is 2.06 bits per heavy atom. The lowest BCUT2D eigenvalue weighted by molar-refractivity contribution is -0.112. The molecule has 0 aliphatic carbocycles. The summed E-state index contributed by atoms with van der Waals surface area (Å²) in [6, 6.07) is 19.5. The zero-order valence-corrected chi connectivity index (χ0v) is 19.8.